The normalized spacial score (nSPS) is 22.4. The number of hydrogen-bond donors (Lipinski definition) is 0. The summed E-state index contributed by atoms with van der Waals surface area (Å²) >= 11 is 7.55. The van der Waals surface area contributed by atoms with Crippen LogP contribution in [-0.4, -0.2) is 5.78 Å². The van der Waals surface area contributed by atoms with Crippen molar-refractivity contribution in [2.75, 3.05) is 0 Å². The van der Waals surface area contributed by atoms with Crippen molar-refractivity contribution >= 4 is 28.7 Å². The van der Waals surface area contributed by atoms with Gasteiger partial charge in [0.1, 0.15) is 0 Å². The Morgan fingerprint density at radius 2 is 2.00 bits per heavy atom. The molecule has 0 amide bonds. The average molecular weight is 263 g/mol. The first kappa shape index (κ1) is 11.0. The van der Waals surface area contributed by atoms with Gasteiger partial charge in [0.2, 0.25) is 0 Å². The zero-order valence-corrected chi connectivity index (χ0v) is 10.7. The van der Waals surface area contributed by atoms with Gasteiger partial charge in [-0.05, 0) is 42.1 Å². The van der Waals surface area contributed by atoms with Crippen LogP contribution in [0.25, 0.3) is 0 Å². The molecule has 1 aromatic carbocycles. The van der Waals surface area contributed by atoms with E-state index in [-0.39, 0.29) is 11.7 Å². The van der Waals surface area contributed by atoms with Crippen LogP contribution in [0.4, 0.5) is 0 Å². The molecule has 0 bridgehead atoms. The Hall–Kier alpha value is -1.12. The largest absolute Gasteiger partial charge is 0.294 e. The summed E-state index contributed by atoms with van der Waals surface area (Å²) in [6.07, 6.45) is 0.988. The molecule has 1 aromatic heterocycles. The van der Waals surface area contributed by atoms with Crippen LogP contribution in [0.1, 0.15) is 27.6 Å². The fourth-order valence-electron chi connectivity index (χ4n) is 2.13. The number of Topliss-reactive ketones (excluding diaryl/α,β-unsaturated/α-hetero) is 1. The Balaban J connectivity index is 1.75. The quantitative estimate of drug-likeness (QED) is 0.750. The van der Waals surface area contributed by atoms with Crippen molar-refractivity contribution in [1.29, 1.82) is 0 Å². The van der Waals surface area contributed by atoms with Crippen molar-refractivity contribution in [2.24, 2.45) is 5.92 Å². The van der Waals surface area contributed by atoms with Crippen molar-refractivity contribution in [3.8, 4) is 0 Å². The van der Waals surface area contributed by atoms with Gasteiger partial charge in [0.15, 0.2) is 5.78 Å². The second-order valence-corrected chi connectivity index (χ2v) is 5.75. The lowest BCUT2D eigenvalue weighted by Gasteiger charge is -1.99. The highest BCUT2D eigenvalue weighted by Gasteiger charge is 2.44. The van der Waals surface area contributed by atoms with Crippen molar-refractivity contribution in [2.45, 2.75) is 12.3 Å². The Kier molecular flexibility index (Phi) is 2.77. The van der Waals surface area contributed by atoms with E-state index in [1.54, 1.807) is 23.5 Å². The van der Waals surface area contributed by atoms with Gasteiger partial charge in [-0.2, -0.15) is 0 Å². The first-order chi connectivity index (χ1) is 8.25. The minimum Gasteiger partial charge on any atom is -0.294 e. The SMILES string of the molecule is O=C(c1ccc(Cl)cc1)C1CC1c1cccs1. The van der Waals surface area contributed by atoms with Gasteiger partial charge in [-0.25, -0.2) is 0 Å². The first-order valence-corrected chi connectivity index (χ1v) is 6.84. The van der Waals surface area contributed by atoms with Gasteiger partial charge in [-0.1, -0.05) is 17.7 Å². The molecule has 1 aliphatic rings. The maximum absolute atomic E-state index is 12.2. The highest BCUT2D eigenvalue weighted by molar-refractivity contribution is 7.10. The molecule has 0 radical (unpaired) electrons. The average Bonchev–Trinajstić information content (AvgIpc) is 2.95. The summed E-state index contributed by atoms with van der Waals surface area (Å²) in [5, 5.41) is 2.74. The number of ketones is 1. The van der Waals surface area contributed by atoms with E-state index in [9.17, 15) is 4.79 Å². The number of halogens is 1. The Labute approximate surface area is 109 Å². The molecule has 0 N–H and O–H groups in total. The van der Waals surface area contributed by atoms with Gasteiger partial charge in [0.25, 0.3) is 0 Å². The third-order valence-electron chi connectivity index (χ3n) is 3.16. The standard InChI is InChI=1S/C14H11ClOS/c15-10-5-3-9(4-6-10)14(16)12-8-11(12)13-2-1-7-17-13/h1-7,11-12H,8H2. The molecule has 0 spiro atoms. The predicted octanol–water partition coefficient (Wildman–Crippen LogP) is 4.39. The lowest BCUT2D eigenvalue weighted by molar-refractivity contribution is 0.0965. The molecule has 3 heteroatoms. The van der Waals surface area contributed by atoms with E-state index in [1.165, 1.54) is 4.88 Å². The molecular formula is C14H11ClOS. The van der Waals surface area contributed by atoms with Crippen LogP contribution in [0.5, 0.6) is 0 Å². The molecule has 0 aliphatic heterocycles. The molecular weight excluding hydrogens is 252 g/mol. The number of carbonyl (C=O) groups excluding carboxylic acids is 1. The summed E-state index contributed by atoms with van der Waals surface area (Å²) < 4.78 is 0. The summed E-state index contributed by atoms with van der Waals surface area (Å²) in [4.78, 5) is 13.5. The minimum absolute atomic E-state index is 0.176. The van der Waals surface area contributed by atoms with Crippen molar-refractivity contribution in [3.05, 3.63) is 57.2 Å². The van der Waals surface area contributed by atoms with Crippen molar-refractivity contribution in [3.63, 3.8) is 0 Å². The number of thiophene rings is 1. The monoisotopic (exact) mass is 262 g/mol. The molecule has 1 nitrogen and oxygen atoms in total. The van der Waals surface area contributed by atoms with Crippen molar-refractivity contribution < 1.29 is 4.79 Å². The van der Waals surface area contributed by atoms with Gasteiger partial charge in [0.05, 0.1) is 0 Å². The Bertz CT molecular complexity index is 530. The van der Waals surface area contributed by atoms with E-state index < -0.39 is 0 Å². The lowest BCUT2D eigenvalue weighted by atomic mass is 10.1. The van der Waals surface area contributed by atoms with Crippen LogP contribution in [0, 0.1) is 5.92 Å². The van der Waals surface area contributed by atoms with Crippen molar-refractivity contribution in [1.82, 2.24) is 0 Å². The smallest absolute Gasteiger partial charge is 0.166 e. The topological polar surface area (TPSA) is 17.1 Å². The summed E-state index contributed by atoms with van der Waals surface area (Å²) in [5.41, 5.74) is 0.776. The molecule has 1 saturated carbocycles. The zero-order chi connectivity index (χ0) is 11.8. The van der Waals surface area contributed by atoms with Crippen LogP contribution >= 0.6 is 22.9 Å². The fourth-order valence-corrected chi connectivity index (χ4v) is 3.16. The third kappa shape index (κ3) is 2.15. The molecule has 1 heterocycles. The second kappa shape index (κ2) is 4.28. The van der Waals surface area contributed by atoms with Crippen LogP contribution in [0.3, 0.4) is 0 Å². The van der Waals surface area contributed by atoms with E-state index in [2.05, 4.69) is 11.4 Å². The molecule has 17 heavy (non-hydrogen) atoms. The molecule has 2 aromatic rings. The number of benzene rings is 1. The molecule has 86 valence electrons. The molecule has 2 atom stereocenters. The van der Waals surface area contributed by atoms with E-state index >= 15 is 0 Å². The van der Waals surface area contributed by atoms with Gasteiger partial charge < -0.3 is 0 Å². The van der Waals surface area contributed by atoms with Crippen LogP contribution in [0.15, 0.2) is 41.8 Å². The Morgan fingerprint density at radius 1 is 1.24 bits per heavy atom. The fraction of sp³-hybridized carbons (Fsp3) is 0.214. The van der Waals surface area contributed by atoms with Gasteiger partial charge in [0, 0.05) is 27.3 Å². The summed E-state index contributed by atoms with van der Waals surface area (Å²) in [6, 6.07) is 11.3. The molecule has 1 aliphatic carbocycles. The predicted molar refractivity (Wildman–Crippen MR) is 70.9 cm³/mol. The van der Waals surface area contributed by atoms with Crippen LogP contribution < -0.4 is 0 Å². The van der Waals surface area contributed by atoms with Crippen LogP contribution in [-0.2, 0) is 0 Å². The van der Waals surface area contributed by atoms with Gasteiger partial charge >= 0.3 is 0 Å². The molecule has 2 unspecified atom stereocenters. The minimum atomic E-state index is 0.176. The summed E-state index contributed by atoms with van der Waals surface area (Å²) in [7, 11) is 0. The summed E-state index contributed by atoms with van der Waals surface area (Å²) in [6.45, 7) is 0. The van der Waals surface area contributed by atoms with Gasteiger partial charge in [-0.3, -0.25) is 4.79 Å². The lowest BCUT2D eigenvalue weighted by Crippen LogP contribution is -2.02. The van der Waals surface area contributed by atoms with Crippen LogP contribution in [0.2, 0.25) is 5.02 Å². The van der Waals surface area contributed by atoms with E-state index in [0.717, 1.165) is 12.0 Å². The maximum atomic E-state index is 12.2. The first-order valence-electron chi connectivity index (χ1n) is 5.59. The molecule has 1 fully saturated rings. The number of carbonyl (C=O) groups is 1. The van der Waals surface area contributed by atoms with E-state index in [4.69, 9.17) is 11.6 Å². The van der Waals surface area contributed by atoms with E-state index in [1.807, 2.05) is 18.2 Å². The third-order valence-corrected chi connectivity index (χ3v) is 4.42. The Morgan fingerprint density at radius 3 is 2.65 bits per heavy atom. The number of hydrogen-bond acceptors (Lipinski definition) is 2. The maximum Gasteiger partial charge on any atom is 0.166 e. The summed E-state index contributed by atoms with van der Waals surface area (Å²) in [5.74, 6) is 0.869. The highest BCUT2D eigenvalue weighted by atomic mass is 35.5. The highest BCUT2D eigenvalue weighted by Crippen LogP contribution is 2.50. The molecule has 0 saturated heterocycles. The second-order valence-electron chi connectivity index (χ2n) is 4.34. The van der Waals surface area contributed by atoms with Gasteiger partial charge in [-0.15, -0.1) is 11.3 Å². The number of rotatable bonds is 3. The zero-order valence-electron chi connectivity index (χ0n) is 9.10. The molecule has 3 rings (SSSR count). The van der Waals surface area contributed by atoms with E-state index in [0.29, 0.717) is 10.9 Å².